The van der Waals surface area contributed by atoms with Crippen molar-refractivity contribution in [3.05, 3.63) is 41.7 Å². The number of carbonyl (C=O) groups excluding carboxylic acids is 2. The number of nitrogens with zero attached hydrogens (tertiary/aromatic N) is 4. The molecule has 0 aliphatic heterocycles. The zero-order valence-corrected chi connectivity index (χ0v) is 14.7. The Morgan fingerprint density at radius 2 is 2.15 bits per heavy atom. The number of imidazole rings is 1. The molecule has 0 saturated carbocycles. The van der Waals surface area contributed by atoms with E-state index in [-0.39, 0.29) is 17.2 Å². The lowest BCUT2D eigenvalue weighted by molar-refractivity contribution is 0.0996. The van der Waals surface area contributed by atoms with Crippen LogP contribution in [0.5, 0.6) is 5.75 Å². The van der Waals surface area contributed by atoms with Crippen LogP contribution in [0.3, 0.4) is 0 Å². The van der Waals surface area contributed by atoms with Gasteiger partial charge in [-0.2, -0.15) is 5.10 Å². The van der Waals surface area contributed by atoms with Crippen molar-refractivity contribution in [3.8, 4) is 5.75 Å². The molecule has 2 heterocycles. The lowest BCUT2D eigenvalue weighted by Gasteiger charge is -2.11. The molecule has 140 valence electrons. The Kier molecular flexibility index (Phi) is 5.27. The average molecular weight is 369 g/mol. The Morgan fingerprint density at radius 1 is 1.33 bits per heavy atom. The summed E-state index contributed by atoms with van der Waals surface area (Å²) in [5, 5.41) is 10.2. The van der Waals surface area contributed by atoms with Crippen LogP contribution >= 0.6 is 0 Å². The van der Waals surface area contributed by atoms with Crippen LogP contribution in [0.15, 0.2) is 30.5 Å². The molecule has 10 nitrogen and oxygen atoms in total. The minimum absolute atomic E-state index is 0.153. The number of amides is 2. The van der Waals surface area contributed by atoms with Crippen molar-refractivity contribution in [2.45, 2.75) is 13.0 Å². The number of rotatable bonds is 7. The van der Waals surface area contributed by atoms with Gasteiger partial charge in [-0.1, -0.05) is 0 Å². The fraction of sp³-hybridized carbons (Fsp3) is 0.235. The van der Waals surface area contributed by atoms with Crippen LogP contribution in [0.1, 0.15) is 27.3 Å². The second-order valence-corrected chi connectivity index (χ2v) is 5.70. The zero-order chi connectivity index (χ0) is 19.4. The van der Waals surface area contributed by atoms with Crippen LogP contribution in [0.25, 0.3) is 11.0 Å². The number of nitrogens with one attached hydrogen (secondary N) is 1. The summed E-state index contributed by atoms with van der Waals surface area (Å²) in [6.45, 7) is 0.953. The number of benzene rings is 1. The molecule has 3 aromatic rings. The van der Waals surface area contributed by atoms with Crippen molar-refractivity contribution >= 4 is 28.8 Å². The highest BCUT2D eigenvalue weighted by molar-refractivity contribution is 6.03. The van der Waals surface area contributed by atoms with E-state index in [2.05, 4.69) is 20.5 Å². The predicted molar refractivity (Wildman–Crippen MR) is 98.5 cm³/mol. The van der Waals surface area contributed by atoms with Crippen molar-refractivity contribution < 1.29 is 14.3 Å². The van der Waals surface area contributed by atoms with Crippen LogP contribution in [-0.4, -0.2) is 45.2 Å². The molecule has 2 aromatic heterocycles. The van der Waals surface area contributed by atoms with E-state index in [4.69, 9.17) is 16.2 Å². The summed E-state index contributed by atoms with van der Waals surface area (Å²) in [5.41, 5.74) is 12.5. The van der Waals surface area contributed by atoms with Crippen LogP contribution < -0.4 is 21.5 Å². The van der Waals surface area contributed by atoms with Crippen molar-refractivity contribution in [2.75, 3.05) is 19.0 Å². The largest absolute Gasteiger partial charge is 0.494 e. The molecule has 0 saturated heterocycles. The van der Waals surface area contributed by atoms with Gasteiger partial charge in [0.1, 0.15) is 11.3 Å². The van der Waals surface area contributed by atoms with Gasteiger partial charge >= 0.3 is 0 Å². The van der Waals surface area contributed by atoms with Crippen molar-refractivity contribution in [3.63, 3.8) is 0 Å². The number of hydrogen-bond donors (Lipinski definition) is 3. The molecule has 3 rings (SSSR count). The number of anilines is 1. The molecule has 0 aliphatic rings. The van der Waals surface area contributed by atoms with Gasteiger partial charge in [0.15, 0.2) is 5.69 Å². The van der Waals surface area contributed by atoms with E-state index in [1.807, 2.05) is 0 Å². The standard InChI is InChI=1S/C17H19N7O3/c1-27-13-9-10(15(19)25)8-12-14(13)24(7-3-5-18)17(21-12)22-16(26)11-4-2-6-20-23-11/h2,4,6,8-9H,3,5,7,18H2,1H3,(H2,19,25)(H,21,22,26). The summed E-state index contributed by atoms with van der Waals surface area (Å²) in [7, 11) is 1.48. The molecular weight excluding hydrogens is 350 g/mol. The number of ether oxygens (including phenoxy) is 1. The molecule has 1 aromatic carbocycles. The Balaban J connectivity index is 2.10. The highest BCUT2D eigenvalue weighted by Gasteiger charge is 2.20. The maximum Gasteiger partial charge on any atom is 0.278 e. The molecule has 0 spiro atoms. The molecule has 2 amide bonds. The maximum atomic E-state index is 12.4. The highest BCUT2D eigenvalue weighted by Crippen LogP contribution is 2.31. The molecule has 5 N–H and O–H groups in total. The third kappa shape index (κ3) is 3.70. The minimum Gasteiger partial charge on any atom is -0.494 e. The van der Waals surface area contributed by atoms with Gasteiger partial charge in [-0.05, 0) is 37.2 Å². The fourth-order valence-electron chi connectivity index (χ4n) is 2.68. The summed E-state index contributed by atoms with van der Waals surface area (Å²) in [6.07, 6.45) is 2.13. The van der Waals surface area contributed by atoms with Crippen LogP contribution in [-0.2, 0) is 6.54 Å². The minimum atomic E-state index is -0.600. The van der Waals surface area contributed by atoms with E-state index < -0.39 is 11.8 Å². The van der Waals surface area contributed by atoms with E-state index in [9.17, 15) is 9.59 Å². The monoisotopic (exact) mass is 369 g/mol. The molecule has 10 heteroatoms. The van der Waals surface area contributed by atoms with E-state index in [1.165, 1.54) is 13.3 Å². The summed E-state index contributed by atoms with van der Waals surface area (Å²) in [6, 6.07) is 6.25. The molecule has 0 atom stereocenters. The molecule has 27 heavy (non-hydrogen) atoms. The lowest BCUT2D eigenvalue weighted by Crippen LogP contribution is -2.18. The van der Waals surface area contributed by atoms with Gasteiger partial charge in [-0.3, -0.25) is 14.9 Å². The van der Waals surface area contributed by atoms with Gasteiger partial charge in [0.25, 0.3) is 5.91 Å². The molecule has 0 unspecified atom stereocenters. The quantitative estimate of drug-likeness (QED) is 0.549. The van der Waals surface area contributed by atoms with Gasteiger partial charge in [0, 0.05) is 18.3 Å². The predicted octanol–water partition coefficient (Wildman–Crippen LogP) is 0.535. The zero-order valence-electron chi connectivity index (χ0n) is 14.7. The molecule has 0 fully saturated rings. The van der Waals surface area contributed by atoms with Crippen LogP contribution in [0.4, 0.5) is 5.95 Å². The number of aryl methyl sites for hydroxylation is 1. The number of methoxy groups -OCH3 is 1. The Bertz CT molecular complexity index is 985. The molecule has 0 radical (unpaired) electrons. The first-order chi connectivity index (χ1) is 13.0. The first-order valence-electron chi connectivity index (χ1n) is 8.22. The van der Waals surface area contributed by atoms with Crippen molar-refractivity contribution in [1.82, 2.24) is 19.7 Å². The summed E-state index contributed by atoms with van der Waals surface area (Å²) < 4.78 is 7.18. The summed E-state index contributed by atoms with van der Waals surface area (Å²) in [5.74, 6) is -0.349. The normalized spacial score (nSPS) is 10.7. The Morgan fingerprint density at radius 3 is 2.78 bits per heavy atom. The van der Waals surface area contributed by atoms with Gasteiger partial charge in [0.2, 0.25) is 11.9 Å². The number of hydrogen-bond acceptors (Lipinski definition) is 7. The SMILES string of the molecule is COc1cc(C(N)=O)cc2nc(NC(=O)c3cccnn3)n(CCCN)c12. The smallest absolute Gasteiger partial charge is 0.278 e. The number of primary amides is 1. The second kappa shape index (κ2) is 7.79. The van der Waals surface area contributed by atoms with Crippen LogP contribution in [0.2, 0.25) is 0 Å². The van der Waals surface area contributed by atoms with E-state index in [0.29, 0.717) is 36.3 Å². The van der Waals surface area contributed by atoms with Crippen molar-refractivity contribution in [1.29, 1.82) is 0 Å². The van der Waals surface area contributed by atoms with Gasteiger partial charge in [-0.15, -0.1) is 5.10 Å². The molecular formula is C17H19N7O3. The number of fused-ring (bicyclic) bond motifs is 1. The summed E-state index contributed by atoms with van der Waals surface area (Å²) in [4.78, 5) is 28.5. The fourth-order valence-corrected chi connectivity index (χ4v) is 2.68. The lowest BCUT2D eigenvalue weighted by atomic mass is 10.1. The topological polar surface area (TPSA) is 151 Å². The third-order valence-electron chi connectivity index (χ3n) is 3.93. The highest BCUT2D eigenvalue weighted by atomic mass is 16.5. The van der Waals surface area contributed by atoms with E-state index in [1.54, 1.807) is 28.8 Å². The molecule has 0 aliphatic carbocycles. The van der Waals surface area contributed by atoms with Gasteiger partial charge < -0.3 is 20.8 Å². The van der Waals surface area contributed by atoms with Crippen molar-refractivity contribution in [2.24, 2.45) is 11.5 Å². The molecule has 0 bridgehead atoms. The van der Waals surface area contributed by atoms with E-state index >= 15 is 0 Å². The number of nitrogens with two attached hydrogens (primary N) is 2. The Labute approximate surface area is 154 Å². The number of aromatic nitrogens is 4. The van der Waals surface area contributed by atoms with Gasteiger partial charge in [-0.25, -0.2) is 4.98 Å². The first kappa shape index (κ1) is 18.3. The summed E-state index contributed by atoms with van der Waals surface area (Å²) >= 11 is 0. The van der Waals surface area contributed by atoms with Gasteiger partial charge in [0.05, 0.1) is 12.6 Å². The Hall–Kier alpha value is -3.53. The number of carbonyl (C=O) groups is 2. The maximum absolute atomic E-state index is 12.4. The first-order valence-corrected chi connectivity index (χ1v) is 8.22. The second-order valence-electron chi connectivity index (χ2n) is 5.70. The average Bonchev–Trinajstić information content (AvgIpc) is 3.03. The van der Waals surface area contributed by atoms with E-state index in [0.717, 1.165) is 0 Å². The van der Waals surface area contributed by atoms with Crippen LogP contribution in [0, 0.1) is 0 Å². The third-order valence-corrected chi connectivity index (χ3v) is 3.93.